The maximum atomic E-state index is 10.5. The molecule has 2 aliphatic carbocycles. The van der Waals surface area contributed by atoms with Crippen LogP contribution in [0.15, 0.2) is 24.4 Å². The number of fused-ring (bicyclic) bond motifs is 2. The van der Waals surface area contributed by atoms with Gasteiger partial charge in [-0.3, -0.25) is 4.68 Å². The fourth-order valence-electron chi connectivity index (χ4n) is 2.77. The Balaban J connectivity index is 2.02. The number of nitrogens with zero attached hydrogens (tertiary/aromatic N) is 2. The first-order valence-corrected chi connectivity index (χ1v) is 5.09. The third-order valence-electron chi connectivity index (χ3n) is 3.52. The number of rotatable bonds is 1. The van der Waals surface area contributed by atoms with Gasteiger partial charge in [-0.25, -0.2) is 0 Å². The highest BCUT2D eigenvalue weighted by molar-refractivity contribution is 5.24. The van der Waals surface area contributed by atoms with Crippen LogP contribution >= 0.6 is 0 Å². The average Bonchev–Trinajstić information content (AvgIpc) is 2.78. The van der Waals surface area contributed by atoms with Crippen LogP contribution in [0.3, 0.4) is 0 Å². The molecule has 1 N–H and O–H groups in total. The van der Waals surface area contributed by atoms with E-state index in [4.69, 9.17) is 0 Å². The van der Waals surface area contributed by atoms with Crippen LogP contribution < -0.4 is 0 Å². The lowest BCUT2D eigenvalue weighted by Crippen LogP contribution is -2.31. The number of hydrogen-bond acceptors (Lipinski definition) is 2. The molecule has 0 radical (unpaired) electrons. The molecular weight excluding hydrogens is 176 g/mol. The van der Waals surface area contributed by atoms with Gasteiger partial charge in [0.05, 0.1) is 5.69 Å². The van der Waals surface area contributed by atoms with E-state index in [-0.39, 0.29) is 5.92 Å². The molecule has 2 bridgehead atoms. The van der Waals surface area contributed by atoms with Gasteiger partial charge in [0.2, 0.25) is 0 Å². The normalized spacial score (nSPS) is 39.6. The Bertz CT molecular complexity index is 396. The van der Waals surface area contributed by atoms with Crippen molar-refractivity contribution in [2.45, 2.75) is 18.4 Å². The summed E-state index contributed by atoms with van der Waals surface area (Å²) in [5.41, 5.74) is 0.137. The zero-order chi connectivity index (χ0) is 9.76. The Morgan fingerprint density at radius 1 is 1.57 bits per heavy atom. The molecule has 2 aliphatic rings. The minimum Gasteiger partial charge on any atom is -0.383 e. The lowest BCUT2D eigenvalue weighted by atomic mass is 9.85. The second kappa shape index (κ2) is 2.48. The third-order valence-corrected chi connectivity index (χ3v) is 3.52. The summed E-state index contributed by atoms with van der Waals surface area (Å²) in [6, 6.07) is 1.93. The quantitative estimate of drug-likeness (QED) is 0.676. The van der Waals surface area contributed by atoms with E-state index in [0.29, 0.717) is 5.92 Å². The van der Waals surface area contributed by atoms with Crippen molar-refractivity contribution in [3.8, 4) is 0 Å². The average molecular weight is 190 g/mol. The third kappa shape index (κ3) is 0.932. The molecule has 0 aliphatic heterocycles. The predicted molar refractivity (Wildman–Crippen MR) is 52.5 cm³/mol. The van der Waals surface area contributed by atoms with Gasteiger partial charge in [-0.2, -0.15) is 5.10 Å². The summed E-state index contributed by atoms with van der Waals surface area (Å²) in [6.07, 6.45) is 8.19. The van der Waals surface area contributed by atoms with E-state index in [1.807, 2.05) is 19.3 Å². The van der Waals surface area contributed by atoms with Gasteiger partial charge in [0, 0.05) is 19.2 Å². The van der Waals surface area contributed by atoms with Crippen LogP contribution in [0.1, 0.15) is 18.5 Å². The highest BCUT2D eigenvalue weighted by Crippen LogP contribution is 2.51. The Kier molecular flexibility index (Phi) is 1.46. The molecule has 1 fully saturated rings. The second-order valence-electron chi connectivity index (χ2n) is 4.49. The highest BCUT2D eigenvalue weighted by Gasteiger charge is 2.49. The van der Waals surface area contributed by atoms with Gasteiger partial charge in [0.25, 0.3) is 0 Å². The molecule has 14 heavy (non-hydrogen) atoms. The lowest BCUT2D eigenvalue weighted by Gasteiger charge is -2.27. The molecule has 3 nitrogen and oxygen atoms in total. The topological polar surface area (TPSA) is 38.0 Å². The lowest BCUT2D eigenvalue weighted by molar-refractivity contribution is 0.00560. The van der Waals surface area contributed by atoms with Crippen LogP contribution in [-0.2, 0) is 12.6 Å². The zero-order valence-corrected chi connectivity index (χ0v) is 8.22. The van der Waals surface area contributed by atoms with Crippen molar-refractivity contribution in [1.82, 2.24) is 9.78 Å². The van der Waals surface area contributed by atoms with E-state index >= 15 is 0 Å². The van der Waals surface area contributed by atoms with Crippen molar-refractivity contribution in [3.63, 3.8) is 0 Å². The number of aryl methyl sites for hydroxylation is 1. The van der Waals surface area contributed by atoms with Crippen LogP contribution in [0.25, 0.3) is 0 Å². The minimum atomic E-state index is -0.694. The summed E-state index contributed by atoms with van der Waals surface area (Å²) in [5.74, 6) is 0.842. The highest BCUT2D eigenvalue weighted by atomic mass is 16.3. The van der Waals surface area contributed by atoms with Gasteiger partial charge in [-0.1, -0.05) is 12.2 Å². The van der Waals surface area contributed by atoms with E-state index in [1.165, 1.54) is 0 Å². The van der Waals surface area contributed by atoms with E-state index in [9.17, 15) is 5.11 Å². The number of aliphatic hydroxyl groups is 1. The zero-order valence-electron chi connectivity index (χ0n) is 8.22. The first-order chi connectivity index (χ1) is 6.68. The Morgan fingerprint density at radius 3 is 2.93 bits per heavy atom. The first-order valence-electron chi connectivity index (χ1n) is 5.09. The maximum Gasteiger partial charge on any atom is 0.115 e. The van der Waals surface area contributed by atoms with Gasteiger partial charge in [-0.05, 0) is 24.8 Å². The molecule has 0 spiro atoms. The van der Waals surface area contributed by atoms with Crippen LogP contribution in [0, 0.1) is 11.8 Å². The van der Waals surface area contributed by atoms with Crippen LogP contribution in [0.2, 0.25) is 0 Å². The van der Waals surface area contributed by atoms with Gasteiger partial charge >= 0.3 is 0 Å². The summed E-state index contributed by atoms with van der Waals surface area (Å²) in [7, 11) is 1.88. The largest absolute Gasteiger partial charge is 0.383 e. The summed E-state index contributed by atoms with van der Waals surface area (Å²) >= 11 is 0. The van der Waals surface area contributed by atoms with Gasteiger partial charge in [0.1, 0.15) is 5.60 Å². The molecule has 1 aromatic heterocycles. The van der Waals surface area contributed by atoms with E-state index in [0.717, 1.165) is 18.5 Å². The smallest absolute Gasteiger partial charge is 0.115 e. The molecule has 3 unspecified atom stereocenters. The van der Waals surface area contributed by atoms with Crippen molar-refractivity contribution in [2.24, 2.45) is 18.9 Å². The number of allylic oxidation sites excluding steroid dienone is 1. The van der Waals surface area contributed by atoms with Gasteiger partial charge < -0.3 is 5.11 Å². The van der Waals surface area contributed by atoms with Crippen LogP contribution in [0.5, 0.6) is 0 Å². The fourth-order valence-corrected chi connectivity index (χ4v) is 2.77. The van der Waals surface area contributed by atoms with Crippen LogP contribution in [-0.4, -0.2) is 14.9 Å². The molecule has 0 saturated heterocycles. The molecule has 0 aromatic carbocycles. The standard InChI is InChI=1S/C11H14N2O/c1-13-5-4-10(12-13)11(14)7-8-2-3-9(11)6-8/h2-5,8-9,14H,6-7H2,1H3. The summed E-state index contributed by atoms with van der Waals surface area (Å²) in [4.78, 5) is 0. The Morgan fingerprint density at radius 2 is 2.43 bits per heavy atom. The van der Waals surface area contributed by atoms with Gasteiger partial charge in [-0.15, -0.1) is 0 Å². The molecule has 1 aromatic rings. The summed E-state index contributed by atoms with van der Waals surface area (Å²) in [6.45, 7) is 0. The van der Waals surface area contributed by atoms with Crippen molar-refractivity contribution in [3.05, 3.63) is 30.1 Å². The van der Waals surface area contributed by atoms with E-state index < -0.39 is 5.60 Å². The Labute approximate surface area is 83.1 Å². The molecule has 74 valence electrons. The summed E-state index contributed by atoms with van der Waals surface area (Å²) < 4.78 is 1.75. The van der Waals surface area contributed by atoms with Gasteiger partial charge in [0.15, 0.2) is 0 Å². The maximum absolute atomic E-state index is 10.5. The van der Waals surface area contributed by atoms with Crippen molar-refractivity contribution in [1.29, 1.82) is 0 Å². The Hall–Kier alpha value is -1.09. The van der Waals surface area contributed by atoms with E-state index in [1.54, 1.807) is 4.68 Å². The van der Waals surface area contributed by atoms with E-state index in [2.05, 4.69) is 17.3 Å². The second-order valence-corrected chi connectivity index (χ2v) is 4.49. The molecular formula is C11H14N2O. The first kappa shape index (κ1) is 8.24. The molecule has 3 rings (SSSR count). The van der Waals surface area contributed by atoms with Crippen LogP contribution in [0.4, 0.5) is 0 Å². The SMILES string of the molecule is Cn1ccc(C2(O)CC3C=CC2C3)n1. The molecule has 0 amide bonds. The number of hydrogen-bond donors (Lipinski definition) is 1. The monoisotopic (exact) mass is 190 g/mol. The molecule has 1 heterocycles. The van der Waals surface area contributed by atoms with Crippen molar-refractivity contribution in [2.75, 3.05) is 0 Å². The predicted octanol–water partition coefficient (Wildman–Crippen LogP) is 1.20. The minimum absolute atomic E-state index is 0.280. The van der Waals surface area contributed by atoms with Crippen molar-refractivity contribution >= 4 is 0 Å². The number of aromatic nitrogens is 2. The summed E-state index contributed by atoms with van der Waals surface area (Å²) in [5, 5.41) is 14.9. The van der Waals surface area contributed by atoms with Crippen molar-refractivity contribution < 1.29 is 5.11 Å². The molecule has 1 saturated carbocycles. The molecule has 3 atom stereocenters. The fraction of sp³-hybridized carbons (Fsp3) is 0.545. The molecule has 3 heteroatoms.